The van der Waals surface area contributed by atoms with E-state index < -0.39 is 0 Å². The van der Waals surface area contributed by atoms with Crippen molar-refractivity contribution in [2.45, 2.75) is 19.0 Å². The Kier molecular flexibility index (Phi) is 4.41. The molecule has 1 aromatic heterocycles. The summed E-state index contributed by atoms with van der Waals surface area (Å²) >= 11 is 0. The number of nitrogens with one attached hydrogen (secondary N) is 1. The molecule has 2 aromatic rings. The van der Waals surface area contributed by atoms with Crippen molar-refractivity contribution in [3.05, 3.63) is 66.0 Å². The van der Waals surface area contributed by atoms with Gasteiger partial charge in [-0.05, 0) is 36.7 Å². The van der Waals surface area contributed by atoms with Gasteiger partial charge in [-0.3, -0.25) is 9.88 Å². The fourth-order valence-corrected chi connectivity index (χ4v) is 2.80. The second kappa shape index (κ2) is 6.64. The van der Waals surface area contributed by atoms with Gasteiger partial charge in [0, 0.05) is 31.5 Å². The Morgan fingerprint density at radius 3 is 2.85 bits per heavy atom. The first kappa shape index (κ1) is 13.3. The lowest BCUT2D eigenvalue weighted by Gasteiger charge is -2.24. The largest absolute Gasteiger partial charge is 0.309 e. The van der Waals surface area contributed by atoms with Crippen molar-refractivity contribution in [3.63, 3.8) is 0 Å². The first-order valence-electron chi connectivity index (χ1n) is 7.31. The maximum atomic E-state index is 4.21. The second-order valence-electron chi connectivity index (χ2n) is 5.37. The van der Waals surface area contributed by atoms with E-state index >= 15 is 0 Å². The molecule has 0 spiro atoms. The van der Waals surface area contributed by atoms with Crippen molar-refractivity contribution in [3.8, 4) is 0 Å². The highest BCUT2D eigenvalue weighted by Gasteiger charge is 2.18. The Hall–Kier alpha value is -1.71. The minimum absolute atomic E-state index is 0.426. The van der Waals surface area contributed by atoms with Gasteiger partial charge in [-0.25, -0.2) is 0 Å². The SMILES string of the molecule is c1ccc(C2CN(Cc3cccnc3)CCCN2)cc1. The van der Waals surface area contributed by atoms with Crippen molar-refractivity contribution in [2.75, 3.05) is 19.6 Å². The summed E-state index contributed by atoms with van der Waals surface area (Å²) in [4.78, 5) is 6.73. The molecule has 0 radical (unpaired) electrons. The summed E-state index contributed by atoms with van der Waals surface area (Å²) < 4.78 is 0. The fraction of sp³-hybridized carbons (Fsp3) is 0.353. The predicted octanol–water partition coefficient (Wildman–Crippen LogP) is 2.62. The highest BCUT2D eigenvalue weighted by molar-refractivity contribution is 5.19. The van der Waals surface area contributed by atoms with Gasteiger partial charge in [-0.1, -0.05) is 36.4 Å². The molecular weight excluding hydrogens is 246 g/mol. The molecule has 0 aliphatic carbocycles. The molecule has 1 unspecified atom stereocenters. The lowest BCUT2D eigenvalue weighted by molar-refractivity contribution is 0.260. The molecule has 1 fully saturated rings. The fourth-order valence-electron chi connectivity index (χ4n) is 2.80. The third-order valence-electron chi connectivity index (χ3n) is 3.81. The molecule has 0 saturated carbocycles. The number of benzene rings is 1. The average molecular weight is 267 g/mol. The van der Waals surface area contributed by atoms with Crippen LogP contribution in [-0.2, 0) is 6.54 Å². The molecule has 3 heteroatoms. The third kappa shape index (κ3) is 3.44. The van der Waals surface area contributed by atoms with Gasteiger partial charge in [0.15, 0.2) is 0 Å². The average Bonchev–Trinajstić information content (AvgIpc) is 2.75. The van der Waals surface area contributed by atoms with Crippen molar-refractivity contribution in [1.29, 1.82) is 0 Å². The Bertz CT molecular complexity index is 512. The van der Waals surface area contributed by atoms with E-state index in [0.29, 0.717) is 6.04 Å². The van der Waals surface area contributed by atoms with E-state index in [2.05, 4.69) is 51.6 Å². The van der Waals surface area contributed by atoms with Gasteiger partial charge in [0.1, 0.15) is 0 Å². The molecule has 104 valence electrons. The van der Waals surface area contributed by atoms with Gasteiger partial charge in [0.05, 0.1) is 0 Å². The van der Waals surface area contributed by atoms with Gasteiger partial charge in [0.25, 0.3) is 0 Å². The summed E-state index contributed by atoms with van der Waals surface area (Å²) in [6.45, 7) is 4.27. The second-order valence-corrected chi connectivity index (χ2v) is 5.37. The number of rotatable bonds is 3. The van der Waals surface area contributed by atoms with E-state index in [1.54, 1.807) is 0 Å². The quantitative estimate of drug-likeness (QED) is 0.926. The van der Waals surface area contributed by atoms with Crippen LogP contribution in [0.5, 0.6) is 0 Å². The van der Waals surface area contributed by atoms with Crippen LogP contribution in [-0.4, -0.2) is 29.5 Å². The summed E-state index contributed by atoms with van der Waals surface area (Å²) in [5.74, 6) is 0. The molecular formula is C17H21N3. The zero-order valence-corrected chi connectivity index (χ0v) is 11.7. The number of hydrogen-bond acceptors (Lipinski definition) is 3. The Labute approximate surface area is 120 Å². The molecule has 2 heterocycles. The number of nitrogens with zero attached hydrogens (tertiary/aromatic N) is 2. The first-order chi connectivity index (χ1) is 9.92. The molecule has 1 saturated heterocycles. The third-order valence-corrected chi connectivity index (χ3v) is 3.81. The molecule has 1 aliphatic rings. The lowest BCUT2D eigenvalue weighted by Crippen LogP contribution is -2.31. The molecule has 1 N–H and O–H groups in total. The molecule has 3 nitrogen and oxygen atoms in total. The van der Waals surface area contributed by atoms with E-state index in [1.807, 2.05) is 18.5 Å². The van der Waals surface area contributed by atoms with Crippen LogP contribution in [0, 0.1) is 0 Å². The summed E-state index contributed by atoms with van der Waals surface area (Å²) in [5.41, 5.74) is 2.67. The summed E-state index contributed by atoms with van der Waals surface area (Å²) in [6.07, 6.45) is 5.00. The smallest absolute Gasteiger partial charge is 0.0449 e. The minimum atomic E-state index is 0.426. The van der Waals surface area contributed by atoms with Crippen molar-refractivity contribution in [1.82, 2.24) is 15.2 Å². The maximum absolute atomic E-state index is 4.21. The van der Waals surface area contributed by atoms with E-state index in [0.717, 1.165) is 26.2 Å². The summed E-state index contributed by atoms with van der Waals surface area (Å²) in [6, 6.07) is 15.3. The topological polar surface area (TPSA) is 28.2 Å². The van der Waals surface area contributed by atoms with Crippen LogP contribution in [0.1, 0.15) is 23.6 Å². The molecule has 1 atom stereocenters. The number of hydrogen-bond donors (Lipinski definition) is 1. The first-order valence-corrected chi connectivity index (χ1v) is 7.31. The minimum Gasteiger partial charge on any atom is -0.309 e. The molecule has 1 aromatic carbocycles. The molecule has 3 rings (SSSR count). The molecule has 20 heavy (non-hydrogen) atoms. The Morgan fingerprint density at radius 2 is 2.05 bits per heavy atom. The van der Waals surface area contributed by atoms with Crippen LogP contribution >= 0.6 is 0 Å². The zero-order valence-electron chi connectivity index (χ0n) is 11.7. The van der Waals surface area contributed by atoms with Crippen LogP contribution in [0.15, 0.2) is 54.9 Å². The monoisotopic (exact) mass is 267 g/mol. The maximum Gasteiger partial charge on any atom is 0.0449 e. The van der Waals surface area contributed by atoms with Crippen molar-refractivity contribution < 1.29 is 0 Å². The van der Waals surface area contributed by atoms with Crippen LogP contribution in [0.25, 0.3) is 0 Å². The molecule has 1 aliphatic heterocycles. The zero-order chi connectivity index (χ0) is 13.6. The van der Waals surface area contributed by atoms with Crippen LogP contribution < -0.4 is 5.32 Å². The predicted molar refractivity (Wildman–Crippen MR) is 81.3 cm³/mol. The van der Waals surface area contributed by atoms with E-state index in [9.17, 15) is 0 Å². The highest BCUT2D eigenvalue weighted by Crippen LogP contribution is 2.18. The highest BCUT2D eigenvalue weighted by atomic mass is 15.2. The van der Waals surface area contributed by atoms with Crippen molar-refractivity contribution >= 4 is 0 Å². The van der Waals surface area contributed by atoms with E-state index in [1.165, 1.54) is 17.5 Å². The normalized spacial score (nSPS) is 20.5. The van der Waals surface area contributed by atoms with Crippen LogP contribution in [0.3, 0.4) is 0 Å². The van der Waals surface area contributed by atoms with E-state index in [-0.39, 0.29) is 0 Å². The van der Waals surface area contributed by atoms with Crippen LogP contribution in [0.2, 0.25) is 0 Å². The van der Waals surface area contributed by atoms with Crippen molar-refractivity contribution in [2.24, 2.45) is 0 Å². The van der Waals surface area contributed by atoms with Gasteiger partial charge in [-0.15, -0.1) is 0 Å². The van der Waals surface area contributed by atoms with Gasteiger partial charge in [-0.2, -0.15) is 0 Å². The summed E-state index contributed by atoms with van der Waals surface area (Å²) in [5, 5.41) is 3.66. The Balaban J connectivity index is 1.69. The summed E-state index contributed by atoms with van der Waals surface area (Å²) in [7, 11) is 0. The lowest BCUT2D eigenvalue weighted by atomic mass is 10.1. The van der Waals surface area contributed by atoms with Gasteiger partial charge < -0.3 is 5.32 Å². The van der Waals surface area contributed by atoms with E-state index in [4.69, 9.17) is 0 Å². The van der Waals surface area contributed by atoms with Gasteiger partial charge in [0.2, 0.25) is 0 Å². The number of aromatic nitrogens is 1. The van der Waals surface area contributed by atoms with Crippen LogP contribution in [0.4, 0.5) is 0 Å². The molecule has 0 amide bonds. The standard InChI is InChI=1S/C17H21N3/c1-2-7-16(8-3-1)17-14-20(11-5-10-19-17)13-15-6-4-9-18-12-15/h1-4,6-9,12,17,19H,5,10-11,13-14H2. The molecule has 0 bridgehead atoms. The number of pyridine rings is 1. The Morgan fingerprint density at radius 1 is 1.15 bits per heavy atom. The van der Waals surface area contributed by atoms with Gasteiger partial charge >= 0.3 is 0 Å².